The molecule has 0 aliphatic rings. The lowest BCUT2D eigenvalue weighted by molar-refractivity contribution is 0.0995. The van der Waals surface area contributed by atoms with E-state index in [0.717, 1.165) is 4.90 Å². The van der Waals surface area contributed by atoms with E-state index in [0.29, 0.717) is 22.9 Å². The third-order valence-electron chi connectivity index (χ3n) is 3.38. The molecule has 2 aromatic carbocycles. The predicted molar refractivity (Wildman–Crippen MR) is 93.6 cm³/mol. The maximum atomic E-state index is 12.6. The number of aromatic nitrogens is 1. The Bertz CT molecular complexity index is 883. The number of hydrogen-bond donors (Lipinski definition) is 1. The number of anilines is 1. The second-order valence-corrected chi connectivity index (χ2v) is 5.11. The average molecular weight is 333 g/mol. The molecule has 6 nitrogen and oxygen atoms in total. The molecule has 0 atom stereocenters. The molecule has 6 heteroatoms. The zero-order chi connectivity index (χ0) is 17.6. The van der Waals surface area contributed by atoms with Crippen LogP contribution in [-0.4, -0.2) is 16.9 Å². The molecule has 0 spiro atoms. The standard InChI is InChI=1S/C19H15N3O3/c20-19(24)22(18(23)14-7-2-1-3-8-14)15-9-6-10-16(13-15)25-17-11-4-5-12-21-17/h1-13H,(H2,20,24). The molecule has 3 aromatic rings. The molecule has 0 aliphatic carbocycles. The van der Waals surface area contributed by atoms with Gasteiger partial charge in [0.2, 0.25) is 5.88 Å². The fourth-order valence-corrected chi connectivity index (χ4v) is 2.27. The lowest BCUT2D eigenvalue weighted by Gasteiger charge is -2.19. The summed E-state index contributed by atoms with van der Waals surface area (Å²) in [5, 5.41) is 0. The lowest BCUT2D eigenvalue weighted by atomic mass is 10.2. The molecule has 0 saturated heterocycles. The van der Waals surface area contributed by atoms with E-state index in [9.17, 15) is 9.59 Å². The summed E-state index contributed by atoms with van der Waals surface area (Å²) in [7, 11) is 0. The Morgan fingerprint density at radius 1 is 0.920 bits per heavy atom. The van der Waals surface area contributed by atoms with Crippen LogP contribution in [0.3, 0.4) is 0 Å². The highest BCUT2D eigenvalue weighted by Gasteiger charge is 2.23. The molecule has 0 aliphatic heterocycles. The number of pyridine rings is 1. The molecule has 3 rings (SSSR count). The zero-order valence-electron chi connectivity index (χ0n) is 13.2. The van der Waals surface area contributed by atoms with Gasteiger partial charge in [0.15, 0.2) is 0 Å². The summed E-state index contributed by atoms with van der Waals surface area (Å²) in [6.07, 6.45) is 1.60. The number of amides is 3. The normalized spacial score (nSPS) is 10.1. The van der Waals surface area contributed by atoms with Crippen molar-refractivity contribution in [2.45, 2.75) is 0 Å². The van der Waals surface area contributed by atoms with Gasteiger partial charge in [0.1, 0.15) is 5.75 Å². The average Bonchev–Trinajstić information content (AvgIpc) is 2.63. The number of urea groups is 1. The number of hydrogen-bond acceptors (Lipinski definition) is 4. The molecule has 0 radical (unpaired) electrons. The highest BCUT2D eigenvalue weighted by molar-refractivity contribution is 6.20. The molecule has 3 amide bonds. The number of carbonyl (C=O) groups is 2. The van der Waals surface area contributed by atoms with Gasteiger partial charge < -0.3 is 10.5 Å². The predicted octanol–water partition coefficient (Wildman–Crippen LogP) is 3.60. The minimum Gasteiger partial charge on any atom is -0.439 e. The lowest BCUT2D eigenvalue weighted by Crippen LogP contribution is -2.40. The van der Waals surface area contributed by atoms with Crippen LogP contribution in [0.25, 0.3) is 0 Å². The molecule has 0 bridgehead atoms. The van der Waals surface area contributed by atoms with Crippen molar-refractivity contribution >= 4 is 17.6 Å². The molecule has 124 valence electrons. The maximum absolute atomic E-state index is 12.6. The van der Waals surface area contributed by atoms with Gasteiger partial charge in [0.05, 0.1) is 5.69 Å². The number of nitrogens with zero attached hydrogens (tertiary/aromatic N) is 2. The van der Waals surface area contributed by atoms with E-state index in [2.05, 4.69) is 4.98 Å². The van der Waals surface area contributed by atoms with Crippen LogP contribution in [0, 0.1) is 0 Å². The highest BCUT2D eigenvalue weighted by atomic mass is 16.5. The van der Waals surface area contributed by atoms with Crippen molar-refractivity contribution in [2.75, 3.05) is 4.90 Å². The summed E-state index contributed by atoms with van der Waals surface area (Å²) in [4.78, 5) is 29.5. The van der Waals surface area contributed by atoms with Crippen molar-refractivity contribution in [3.8, 4) is 11.6 Å². The van der Waals surface area contributed by atoms with E-state index in [-0.39, 0.29) is 0 Å². The third-order valence-corrected chi connectivity index (χ3v) is 3.38. The summed E-state index contributed by atoms with van der Waals surface area (Å²) in [6, 6.07) is 19.4. The van der Waals surface area contributed by atoms with E-state index in [1.165, 1.54) is 0 Å². The second-order valence-electron chi connectivity index (χ2n) is 5.11. The van der Waals surface area contributed by atoms with Crippen molar-refractivity contribution in [2.24, 2.45) is 5.73 Å². The first-order valence-corrected chi connectivity index (χ1v) is 7.53. The van der Waals surface area contributed by atoms with Crippen LogP contribution in [0.1, 0.15) is 10.4 Å². The summed E-state index contributed by atoms with van der Waals surface area (Å²) >= 11 is 0. The van der Waals surface area contributed by atoms with Crippen LogP contribution in [0.15, 0.2) is 79.0 Å². The molecule has 2 N–H and O–H groups in total. The number of primary amides is 1. The molecular formula is C19H15N3O3. The topological polar surface area (TPSA) is 85.5 Å². The minimum absolute atomic E-state index is 0.315. The molecule has 0 unspecified atom stereocenters. The highest BCUT2D eigenvalue weighted by Crippen LogP contribution is 2.26. The van der Waals surface area contributed by atoms with Crippen molar-refractivity contribution < 1.29 is 14.3 Å². The number of benzene rings is 2. The number of rotatable bonds is 4. The smallest absolute Gasteiger partial charge is 0.326 e. The van der Waals surface area contributed by atoms with Crippen molar-refractivity contribution in [1.82, 2.24) is 4.98 Å². The Labute approximate surface area is 144 Å². The van der Waals surface area contributed by atoms with Gasteiger partial charge >= 0.3 is 6.03 Å². The largest absolute Gasteiger partial charge is 0.439 e. The Morgan fingerprint density at radius 2 is 1.68 bits per heavy atom. The van der Waals surface area contributed by atoms with Crippen molar-refractivity contribution in [3.63, 3.8) is 0 Å². The Kier molecular flexibility index (Phi) is 4.71. The first-order valence-electron chi connectivity index (χ1n) is 7.53. The summed E-state index contributed by atoms with van der Waals surface area (Å²) in [6.45, 7) is 0. The molecule has 1 aromatic heterocycles. The summed E-state index contributed by atoms with van der Waals surface area (Å²) in [5.74, 6) is 0.325. The van der Waals surface area contributed by atoms with Crippen LogP contribution in [-0.2, 0) is 0 Å². The summed E-state index contributed by atoms with van der Waals surface area (Å²) in [5.41, 5.74) is 6.10. The monoisotopic (exact) mass is 333 g/mol. The van der Waals surface area contributed by atoms with Gasteiger partial charge in [-0.25, -0.2) is 14.7 Å². The van der Waals surface area contributed by atoms with E-state index in [1.54, 1.807) is 79.0 Å². The maximum Gasteiger partial charge on any atom is 0.326 e. The fourth-order valence-electron chi connectivity index (χ4n) is 2.27. The SMILES string of the molecule is NC(=O)N(C(=O)c1ccccc1)c1cccc(Oc2ccccn2)c1. The number of nitrogens with two attached hydrogens (primary N) is 1. The first-order chi connectivity index (χ1) is 12.1. The van der Waals surface area contributed by atoms with Crippen LogP contribution >= 0.6 is 0 Å². The van der Waals surface area contributed by atoms with Crippen LogP contribution in [0.5, 0.6) is 11.6 Å². The van der Waals surface area contributed by atoms with Crippen LogP contribution < -0.4 is 15.4 Å². The van der Waals surface area contributed by atoms with Gasteiger partial charge in [-0.15, -0.1) is 0 Å². The molecule has 1 heterocycles. The summed E-state index contributed by atoms with van der Waals surface area (Å²) < 4.78 is 5.63. The van der Waals surface area contributed by atoms with Gasteiger partial charge in [-0.2, -0.15) is 0 Å². The Morgan fingerprint density at radius 3 is 2.36 bits per heavy atom. The molecule has 25 heavy (non-hydrogen) atoms. The van der Waals surface area contributed by atoms with Gasteiger partial charge in [0.25, 0.3) is 5.91 Å². The second kappa shape index (κ2) is 7.27. The molecule has 0 fully saturated rings. The Hall–Kier alpha value is -3.67. The van der Waals surface area contributed by atoms with E-state index in [1.807, 2.05) is 0 Å². The minimum atomic E-state index is -0.871. The van der Waals surface area contributed by atoms with Crippen molar-refractivity contribution in [3.05, 3.63) is 84.6 Å². The quantitative estimate of drug-likeness (QED) is 0.790. The van der Waals surface area contributed by atoms with Crippen LogP contribution in [0.4, 0.5) is 10.5 Å². The van der Waals surface area contributed by atoms with Gasteiger partial charge in [0, 0.05) is 23.9 Å². The Balaban J connectivity index is 1.91. The fraction of sp³-hybridized carbons (Fsp3) is 0. The number of carbonyl (C=O) groups excluding carboxylic acids is 2. The van der Waals surface area contributed by atoms with Crippen molar-refractivity contribution in [1.29, 1.82) is 0 Å². The van der Waals surface area contributed by atoms with E-state index >= 15 is 0 Å². The third kappa shape index (κ3) is 3.81. The number of ether oxygens (including phenoxy) is 1. The van der Waals surface area contributed by atoms with Crippen LogP contribution in [0.2, 0.25) is 0 Å². The molecule has 0 saturated carbocycles. The zero-order valence-corrected chi connectivity index (χ0v) is 13.2. The van der Waals surface area contributed by atoms with E-state index < -0.39 is 11.9 Å². The van der Waals surface area contributed by atoms with Gasteiger partial charge in [-0.1, -0.05) is 30.3 Å². The first kappa shape index (κ1) is 16.2. The number of imide groups is 1. The van der Waals surface area contributed by atoms with E-state index in [4.69, 9.17) is 10.5 Å². The van der Waals surface area contributed by atoms with Gasteiger partial charge in [-0.3, -0.25) is 4.79 Å². The molecular weight excluding hydrogens is 318 g/mol. The van der Waals surface area contributed by atoms with Gasteiger partial charge in [-0.05, 0) is 30.3 Å².